The number of nitrogens with one attached hydrogen (secondary N) is 1. The van der Waals surface area contributed by atoms with Crippen LogP contribution >= 0.6 is 15.9 Å². The van der Waals surface area contributed by atoms with Crippen molar-refractivity contribution in [2.24, 2.45) is 0 Å². The van der Waals surface area contributed by atoms with Gasteiger partial charge in [-0.25, -0.2) is 4.79 Å². The molecule has 3 atom stereocenters. The first-order valence-electron chi connectivity index (χ1n) is 11.1. The minimum absolute atomic E-state index is 0.0784. The summed E-state index contributed by atoms with van der Waals surface area (Å²) in [6.07, 6.45) is 1.70. The van der Waals surface area contributed by atoms with Crippen molar-refractivity contribution in [2.45, 2.75) is 58.0 Å². The highest BCUT2D eigenvalue weighted by Gasteiger charge is 2.42. The van der Waals surface area contributed by atoms with Crippen molar-refractivity contribution in [1.82, 2.24) is 5.32 Å². The van der Waals surface area contributed by atoms with Gasteiger partial charge >= 0.3 is 5.97 Å². The number of carbonyl (C=O) groups excluding carboxylic acids is 2. The van der Waals surface area contributed by atoms with Gasteiger partial charge in [-0.2, -0.15) is 0 Å². The van der Waals surface area contributed by atoms with Gasteiger partial charge in [-0.05, 0) is 49.8 Å². The van der Waals surface area contributed by atoms with E-state index in [0.717, 1.165) is 39.8 Å². The fourth-order valence-electron chi connectivity index (χ4n) is 4.62. The van der Waals surface area contributed by atoms with E-state index in [-0.39, 0.29) is 23.8 Å². The molecule has 1 heterocycles. The van der Waals surface area contributed by atoms with Gasteiger partial charge in [0.05, 0.1) is 11.7 Å². The maximum atomic E-state index is 13.6. The highest BCUT2D eigenvalue weighted by Crippen LogP contribution is 2.47. The third kappa shape index (κ3) is 4.31. The molecule has 4 nitrogen and oxygen atoms in total. The fraction of sp³-hybridized carbons (Fsp3) is 0.333. The maximum Gasteiger partial charge on any atom is 0.337 e. The van der Waals surface area contributed by atoms with E-state index in [1.165, 1.54) is 0 Å². The van der Waals surface area contributed by atoms with Crippen LogP contribution in [0.15, 0.2) is 81.6 Å². The quantitative estimate of drug-likeness (QED) is 0.507. The molecule has 1 N–H and O–H groups in total. The molecule has 0 saturated carbocycles. The summed E-state index contributed by atoms with van der Waals surface area (Å²) in [5, 5.41) is 3.41. The molecule has 0 spiro atoms. The van der Waals surface area contributed by atoms with E-state index in [1.807, 2.05) is 63.2 Å². The molecule has 0 fully saturated rings. The molecule has 0 saturated heterocycles. The number of hydrogen-bond acceptors (Lipinski definition) is 4. The number of dihydropyridines is 1. The van der Waals surface area contributed by atoms with Crippen LogP contribution in [0.1, 0.15) is 63.0 Å². The van der Waals surface area contributed by atoms with Crippen molar-refractivity contribution < 1.29 is 14.3 Å². The van der Waals surface area contributed by atoms with E-state index in [2.05, 4.69) is 33.4 Å². The molecule has 166 valence electrons. The van der Waals surface area contributed by atoms with E-state index in [9.17, 15) is 9.59 Å². The Morgan fingerprint density at radius 3 is 2.50 bits per heavy atom. The van der Waals surface area contributed by atoms with Gasteiger partial charge in [-0.1, -0.05) is 71.4 Å². The van der Waals surface area contributed by atoms with Gasteiger partial charge in [0.1, 0.15) is 0 Å². The fourth-order valence-corrected chi connectivity index (χ4v) is 5.13. The van der Waals surface area contributed by atoms with Crippen LogP contribution in [-0.4, -0.2) is 17.9 Å². The Morgan fingerprint density at radius 1 is 1.12 bits per heavy atom. The van der Waals surface area contributed by atoms with Crippen molar-refractivity contribution in [1.29, 1.82) is 0 Å². The number of ether oxygens (including phenoxy) is 1. The molecular weight excluding hydrogens is 466 g/mol. The van der Waals surface area contributed by atoms with Gasteiger partial charge in [0.2, 0.25) is 0 Å². The smallest absolute Gasteiger partial charge is 0.337 e. The zero-order valence-corrected chi connectivity index (χ0v) is 20.2. The third-order valence-electron chi connectivity index (χ3n) is 6.42. The maximum absolute atomic E-state index is 13.6. The molecule has 0 unspecified atom stereocenters. The molecule has 2 aromatic carbocycles. The van der Waals surface area contributed by atoms with Crippen LogP contribution in [0.5, 0.6) is 0 Å². The van der Waals surface area contributed by atoms with Crippen molar-refractivity contribution in [2.75, 3.05) is 0 Å². The summed E-state index contributed by atoms with van der Waals surface area (Å²) in [4.78, 5) is 26.8. The molecule has 5 heteroatoms. The number of esters is 1. The Morgan fingerprint density at radius 2 is 1.81 bits per heavy atom. The monoisotopic (exact) mass is 493 g/mol. The first kappa shape index (κ1) is 22.5. The molecule has 0 bridgehead atoms. The summed E-state index contributed by atoms with van der Waals surface area (Å²) in [5.41, 5.74) is 4.93. The largest absolute Gasteiger partial charge is 0.459 e. The Kier molecular flexibility index (Phi) is 6.66. The number of rotatable bonds is 5. The van der Waals surface area contributed by atoms with Gasteiger partial charge in [0.25, 0.3) is 0 Å². The average molecular weight is 494 g/mol. The molecule has 32 heavy (non-hydrogen) atoms. The predicted octanol–water partition coefficient (Wildman–Crippen LogP) is 6.15. The predicted molar refractivity (Wildman–Crippen MR) is 129 cm³/mol. The highest BCUT2D eigenvalue weighted by atomic mass is 79.9. The molecule has 4 rings (SSSR count). The number of halogens is 1. The normalized spacial score (nSPS) is 21.7. The first-order valence-corrected chi connectivity index (χ1v) is 11.9. The lowest BCUT2D eigenvalue weighted by Crippen LogP contribution is -2.36. The number of Topliss-reactive ketones (excluding diaryl/α,β-unsaturated/α-hetero) is 1. The van der Waals surface area contributed by atoms with Crippen LogP contribution < -0.4 is 5.32 Å². The molecule has 0 aromatic heterocycles. The van der Waals surface area contributed by atoms with Crippen LogP contribution in [0.4, 0.5) is 0 Å². The van der Waals surface area contributed by atoms with Crippen LogP contribution in [0.2, 0.25) is 0 Å². The van der Waals surface area contributed by atoms with Crippen molar-refractivity contribution in [3.63, 3.8) is 0 Å². The highest BCUT2D eigenvalue weighted by molar-refractivity contribution is 9.10. The minimum Gasteiger partial charge on any atom is -0.459 e. The standard InChI is InChI=1S/C27H28BrNO3/c1-4-16(2)32-27(31)24-17(3)29-22-14-19(18-10-6-5-7-11-18)15-23(30)26(22)25(24)20-12-8-9-13-21(20)28/h5-13,16,19,25,29H,4,14-15H2,1-3H3/t16-,19-,25-/m1/s1. The molecular formula is C27H28BrNO3. The summed E-state index contributed by atoms with van der Waals surface area (Å²) in [6.45, 7) is 5.77. The van der Waals surface area contributed by atoms with Gasteiger partial charge in [-0.3, -0.25) is 4.79 Å². The van der Waals surface area contributed by atoms with E-state index >= 15 is 0 Å². The Balaban J connectivity index is 1.80. The topological polar surface area (TPSA) is 55.4 Å². The molecule has 2 aliphatic rings. The summed E-state index contributed by atoms with van der Waals surface area (Å²) in [5.74, 6) is -0.622. The van der Waals surface area contributed by atoms with E-state index in [1.54, 1.807) is 0 Å². The minimum atomic E-state index is -0.456. The van der Waals surface area contributed by atoms with Crippen molar-refractivity contribution >= 4 is 27.7 Å². The number of allylic oxidation sites excluding steroid dienone is 3. The SMILES string of the molecule is CC[C@@H](C)OC(=O)C1=C(C)NC2=C(C(=O)C[C@H](c3ccccc3)C2)[C@@H]1c1ccccc1Br. The lowest BCUT2D eigenvalue weighted by molar-refractivity contribution is -0.144. The molecule has 0 amide bonds. The van der Waals surface area contributed by atoms with Crippen LogP contribution in [0.3, 0.4) is 0 Å². The third-order valence-corrected chi connectivity index (χ3v) is 7.14. The average Bonchev–Trinajstić information content (AvgIpc) is 2.78. The zero-order chi connectivity index (χ0) is 22.8. The second kappa shape index (κ2) is 9.45. The van der Waals surface area contributed by atoms with Crippen molar-refractivity contribution in [3.8, 4) is 0 Å². The second-order valence-corrected chi connectivity index (χ2v) is 9.43. The van der Waals surface area contributed by atoms with E-state index in [0.29, 0.717) is 17.6 Å². The molecule has 1 aliphatic heterocycles. The molecule has 1 aliphatic carbocycles. The van der Waals surface area contributed by atoms with Crippen LogP contribution in [0.25, 0.3) is 0 Å². The number of ketones is 1. The van der Waals surface area contributed by atoms with E-state index in [4.69, 9.17) is 4.74 Å². The summed E-state index contributed by atoms with van der Waals surface area (Å²) >= 11 is 3.65. The van der Waals surface area contributed by atoms with Gasteiger partial charge in [-0.15, -0.1) is 0 Å². The summed E-state index contributed by atoms with van der Waals surface area (Å²) in [7, 11) is 0. The number of carbonyl (C=O) groups is 2. The first-order chi connectivity index (χ1) is 15.4. The molecule has 0 radical (unpaired) electrons. The Hall–Kier alpha value is -2.66. The van der Waals surface area contributed by atoms with Crippen molar-refractivity contribution in [3.05, 3.63) is 92.7 Å². The lowest BCUT2D eigenvalue weighted by Gasteiger charge is -2.37. The van der Waals surface area contributed by atoms with Crippen LogP contribution in [0, 0.1) is 0 Å². The number of benzene rings is 2. The summed E-state index contributed by atoms with van der Waals surface area (Å²) in [6, 6.07) is 18.0. The van der Waals surface area contributed by atoms with Crippen LogP contribution in [-0.2, 0) is 14.3 Å². The van der Waals surface area contributed by atoms with Gasteiger partial charge < -0.3 is 10.1 Å². The van der Waals surface area contributed by atoms with E-state index < -0.39 is 5.92 Å². The lowest BCUT2D eigenvalue weighted by atomic mass is 9.72. The Bertz CT molecular complexity index is 1100. The van der Waals surface area contributed by atoms with Gasteiger partial charge in [0.15, 0.2) is 5.78 Å². The van der Waals surface area contributed by atoms with Gasteiger partial charge in [0, 0.05) is 33.8 Å². The Labute approximate surface area is 197 Å². The second-order valence-electron chi connectivity index (χ2n) is 8.57. The number of hydrogen-bond donors (Lipinski definition) is 1. The zero-order valence-electron chi connectivity index (χ0n) is 18.7. The molecule has 2 aromatic rings. The summed E-state index contributed by atoms with van der Waals surface area (Å²) < 4.78 is 6.59.